The summed E-state index contributed by atoms with van der Waals surface area (Å²) in [5, 5.41) is 2.85. The molecule has 0 saturated carbocycles. The molecule has 0 aliphatic carbocycles. The smallest absolute Gasteiger partial charge is 0.256 e. The number of nitrogens with two attached hydrogens (primary N) is 1. The van der Waals surface area contributed by atoms with Crippen LogP contribution in [0, 0.1) is 0 Å². The number of ether oxygens (including phenoxy) is 2. The zero-order chi connectivity index (χ0) is 17.6. The number of thioether (sulfide) groups is 1. The molecule has 2 aromatic carbocycles. The first kappa shape index (κ1) is 17.2. The van der Waals surface area contributed by atoms with Gasteiger partial charge in [0.15, 0.2) is 11.5 Å². The molecule has 7 heteroatoms. The third-order valence-corrected chi connectivity index (χ3v) is 4.60. The molecule has 0 spiro atoms. The summed E-state index contributed by atoms with van der Waals surface area (Å²) in [5.41, 5.74) is 6.28. The van der Waals surface area contributed by atoms with E-state index >= 15 is 0 Å². The van der Waals surface area contributed by atoms with Crippen molar-refractivity contribution in [3.63, 3.8) is 0 Å². The number of rotatable bonds is 5. The van der Waals surface area contributed by atoms with Crippen molar-refractivity contribution >= 4 is 29.3 Å². The fourth-order valence-electron chi connectivity index (χ4n) is 2.37. The summed E-state index contributed by atoms with van der Waals surface area (Å²) in [6, 6.07) is 12.4. The van der Waals surface area contributed by atoms with E-state index in [-0.39, 0.29) is 11.7 Å². The first-order chi connectivity index (χ1) is 12.1. The number of benzene rings is 2. The molecule has 0 aromatic heterocycles. The van der Waals surface area contributed by atoms with E-state index in [9.17, 15) is 9.59 Å². The van der Waals surface area contributed by atoms with Gasteiger partial charge in [0.2, 0.25) is 5.91 Å². The van der Waals surface area contributed by atoms with E-state index in [4.69, 9.17) is 15.2 Å². The quantitative estimate of drug-likeness (QED) is 0.802. The first-order valence-corrected chi connectivity index (χ1v) is 8.83. The van der Waals surface area contributed by atoms with Crippen molar-refractivity contribution in [3.8, 4) is 11.5 Å². The number of anilines is 1. The molecule has 2 amide bonds. The monoisotopic (exact) mass is 358 g/mol. The Bertz CT molecular complexity index is 794. The second kappa shape index (κ2) is 7.94. The highest BCUT2D eigenvalue weighted by atomic mass is 32.2. The van der Waals surface area contributed by atoms with Gasteiger partial charge in [-0.3, -0.25) is 9.59 Å². The van der Waals surface area contributed by atoms with E-state index in [1.165, 1.54) is 11.8 Å². The van der Waals surface area contributed by atoms with Crippen molar-refractivity contribution in [2.75, 3.05) is 24.3 Å². The molecule has 0 saturated heterocycles. The summed E-state index contributed by atoms with van der Waals surface area (Å²) in [7, 11) is 0. The van der Waals surface area contributed by atoms with Crippen LogP contribution in [0.5, 0.6) is 11.5 Å². The van der Waals surface area contributed by atoms with Crippen molar-refractivity contribution in [1.82, 2.24) is 0 Å². The van der Waals surface area contributed by atoms with Crippen LogP contribution in [0.25, 0.3) is 0 Å². The molecule has 1 heterocycles. The van der Waals surface area contributed by atoms with Gasteiger partial charge >= 0.3 is 0 Å². The number of amides is 2. The van der Waals surface area contributed by atoms with E-state index in [1.54, 1.807) is 36.4 Å². The number of primary amides is 1. The molecule has 0 bridgehead atoms. The minimum atomic E-state index is -0.428. The molecule has 0 atom stereocenters. The Hall–Kier alpha value is -2.67. The lowest BCUT2D eigenvalue weighted by atomic mass is 10.2. The normalized spacial score (nSPS) is 13.0. The molecule has 3 N–H and O–H groups in total. The Morgan fingerprint density at radius 1 is 1.08 bits per heavy atom. The fourth-order valence-corrected chi connectivity index (χ4v) is 3.16. The van der Waals surface area contributed by atoms with Gasteiger partial charge in [-0.15, -0.1) is 11.8 Å². The minimum Gasteiger partial charge on any atom is -0.490 e. The molecule has 0 unspecified atom stereocenters. The van der Waals surface area contributed by atoms with Crippen LogP contribution in [0.15, 0.2) is 47.4 Å². The molecule has 6 nitrogen and oxygen atoms in total. The zero-order valence-electron chi connectivity index (χ0n) is 13.5. The van der Waals surface area contributed by atoms with Gasteiger partial charge in [-0.25, -0.2) is 0 Å². The Balaban J connectivity index is 1.76. The lowest BCUT2D eigenvalue weighted by Crippen LogP contribution is -2.15. The Kier molecular flexibility index (Phi) is 5.45. The maximum absolute atomic E-state index is 12.6. The van der Waals surface area contributed by atoms with E-state index < -0.39 is 5.91 Å². The Morgan fingerprint density at radius 2 is 1.84 bits per heavy atom. The van der Waals surface area contributed by atoms with E-state index in [0.29, 0.717) is 40.9 Å². The summed E-state index contributed by atoms with van der Waals surface area (Å²) in [6.45, 7) is 1.19. The largest absolute Gasteiger partial charge is 0.490 e. The summed E-state index contributed by atoms with van der Waals surface area (Å²) in [6.07, 6.45) is 0.820. The SMILES string of the molecule is NC(=O)CSc1ccccc1C(=O)Nc1ccc2c(c1)OCCCO2. The lowest BCUT2D eigenvalue weighted by Gasteiger charge is -2.12. The average molecular weight is 358 g/mol. The molecular formula is C18H18N2O4S. The van der Waals surface area contributed by atoms with Crippen LogP contribution in [-0.2, 0) is 4.79 Å². The Morgan fingerprint density at radius 3 is 2.64 bits per heavy atom. The third-order valence-electron chi connectivity index (χ3n) is 3.51. The van der Waals surface area contributed by atoms with Crippen LogP contribution >= 0.6 is 11.8 Å². The van der Waals surface area contributed by atoms with Crippen molar-refractivity contribution in [2.24, 2.45) is 5.73 Å². The number of nitrogens with one attached hydrogen (secondary N) is 1. The number of carbonyl (C=O) groups excluding carboxylic acids is 2. The van der Waals surface area contributed by atoms with Gasteiger partial charge in [0.25, 0.3) is 5.91 Å². The van der Waals surface area contributed by atoms with Gasteiger partial charge in [0.05, 0.1) is 24.5 Å². The van der Waals surface area contributed by atoms with Gasteiger partial charge in [0, 0.05) is 23.1 Å². The van der Waals surface area contributed by atoms with E-state index in [0.717, 1.165) is 6.42 Å². The number of carbonyl (C=O) groups is 2. The van der Waals surface area contributed by atoms with Crippen LogP contribution < -0.4 is 20.5 Å². The summed E-state index contributed by atoms with van der Waals surface area (Å²) < 4.78 is 11.2. The maximum atomic E-state index is 12.6. The molecule has 25 heavy (non-hydrogen) atoms. The molecule has 2 aromatic rings. The van der Waals surface area contributed by atoms with Crippen molar-refractivity contribution in [1.29, 1.82) is 0 Å². The maximum Gasteiger partial charge on any atom is 0.256 e. The molecule has 130 valence electrons. The van der Waals surface area contributed by atoms with E-state index in [2.05, 4.69) is 5.32 Å². The number of hydrogen-bond donors (Lipinski definition) is 2. The van der Waals surface area contributed by atoms with Crippen molar-refractivity contribution < 1.29 is 19.1 Å². The van der Waals surface area contributed by atoms with Gasteiger partial charge in [-0.05, 0) is 24.3 Å². The molecule has 0 radical (unpaired) electrons. The standard InChI is InChI=1S/C18H18N2O4S/c19-17(21)11-25-16-5-2-1-4-13(16)18(22)20-12-6-7-14-15(10-12)24-9-3-8-23-14/h1-2,4-7,10H,3,8-9,11H2,(H2,19,21)(H,20,22). The molecule has 1 aliphatic rings. The molecular weight excluding hydrogens is 340 g/mol. The molecule has 3 rings (SSSR count). The highest BCUT2D eigenvalue weighted by molar-refractivity contribution is 8.00. The second-order valence-corrected chi connectivity index (χ2v) is 6.43. The Labute approximate surface area is 149 Å². The highest BCUT2D eigenvalue weighted by Crippen LogP contribution is 2.32. The van der Waals surface area contributed by atoms with E-state index in [1.807, 2.05) is 6.07 Å². The third kappa shape index (κ3) is 4.45. The molecule has 1 aliphatic heterocycles. The zero-order valence-corrected chi connectivity index (χ0v) is 14.3. The van der Waals surface area contributed by atoms with Crippen LogP contribution in [-0.4, -0.2) is 30.8 Å². The van der Waals surface area contributed by atoms with Gasteiger partial charge in [0.1, 0.15) is 0 Å². The number of fused-ring (bicyclic) bond motifs is 1. The van der Waals surface area contributed by atoms with Crippen LogP contribution in [0.2, 0.25) is 0 Å². The van der Waals surface area contributed by atoms with Gasteiger partial charge in [-0.1, -0.05) is 12.1 Å². The predicted octanol–water partition coefficient (Wildman–Crippen LogP) is 2.68. The molecule has 0 fully saturated rings. The first-order valence-electron chi connectivity index (χ1n) is 7.84. The topological polar surface area (TPSA) is 90.7 Å². The number of hydrogen-bond acceptors (Lipinski definition) is 5. The lowest BCUT2D eigenvalue weighted by molar-refractivity contribution is -0.115. The summed E-state index contributed by atoms with van der Waals surface area (Å²) >= 11 is 1.24. The van der Waals surface area contributed by atoms with Crippen molar-refractivity contribution in [3.05, 3.63) is 48.0 Å². The van der Waals surface area contributed by atoms with Gasteiger partial charge in [-0.2, -0.15) is 0 Å². The van der Waals surface area contributed by atoms with Crippen LogP contribution in [0.4, 0.5) is 5.69 Å². The summed E-state index contributed by atoms with van der Waals surface area (Å²) in [4.78, 5) is 24.3. The highest BCUT2D eigenvalue weighted by Gasteiger charge is 2.15. The fraction of sp³-hybridized carbons (Fsp3) is 0.222. The van der Waals surface area contributed by atoms with Crippen LogP contribution in [0.3, 0.4) is 0 Å². The second-order valence-electron chi connectivity index (χ2n) is 5.42. The predicted molar refractivity (Wildman–Crippen MR) is 96.4 cm³/mol. The van der Waals surface area contributed by atoms with Gasteiger partial charge < -0.3 is 20.5 Å². The van der Waals surface area contributed by atoms with Crippen LogP contribution in [0.1, 0.15) is 16.8 Å². The van der Waals surface area contributed by atoms with Crippen molar-refractivity contribution in [2.45, 2.75) is 11.3 Å². The average Bonchev–Trinajstić information content (AvgIpc) is 2.85. The summed E-state index contributed by atoms with van der Waals surface area (Å²) in [5.74, 6) is 0.721. The minimum absolute atomic E-state index is 0.119.